The van der Waals surface area contributed by atoms with E-state index in [4.69, 9.17) is 9.84 Å². The Morgan fingerprint density at radius 2 is 2.44 bits per heavy atom. The Morgan fingerprint density at radius 3 is 3.12 bits per heavy atom. The molecule has 0 saturated carbocycles. The third-order valence-electron chi connectivity index (χ3n) is 2.85. The zero-order valence-corrected chi connectivity index (χ0v) is 9.59. The molecule has 2 rings (SSSR count). The van der Waals surface area contributed by atoms with Gasteiger partial charge in [0, 0.05) is 20.2 Å². The number of anilines is 1. The third kappa shape index (κ3) is 2.71. The van der Waals surface area contributed by atoms with Crippen LogP contribution in [-0.4, -0.2) is 36.4 Å². The average Bonchev–Trinajstić information content (AvgIpc) is 2.82. The van der Waals surface area contributed by atoms with Crippen molar-refractivity contribution in [2.75, 3.05) is 25.1 Å². The van der Waals surface area contributed by atoms with E-state index in [0.717, 1.165) is 31.8 Å². The maximum absolute atomic E-state index is 9.02. The predicted molar refractivity (Wildman–Crippen MR) is 62.4 cm³/mol. The largest absolute Gasteiger partial charge is 0.390 e. The molecule has 16 heavy (non-hydrogen) atoms. The van der Waals surface area contributed by atoms with Gasteiger partial charge in [0.1, 0.15) is 5.82 Å². The Labute approximate surface area is 95.9 Å². The van der Waals surface area contributed by atoms with E-state index in [2.05, 4.69) is 9.88 Å². The van der Waals surface area contributed by atoms with E-state index in [1.54, 1.807) is 0 Å². The van der Waals surface area contributed by atoms with E-state index < -0.39 is 0 Å². The van der Waals surface area contributed by atoms with Crippen LogP contribution < -0.4 is 4.90 Å². The summed E-state index contributed by atoms with van der Waals surface area (Å²) in [6.45, 7) is 1.73. The van der Waals surface area contributed by atoms with E-state index in [1.807, 2.05) is 25.2 Å². The predicted octanol–water partition coefficient (Wildman–Crippen LogP) is 1.19. The Bertz CT molecular complexity index is 338. The van der Waals surface area contributed by atoms with Gasteiger partial charge in [0.25, 0.3) is 0 Å². The lowest BCUT2D eigenvalue weighted by molar-refractivity contribution is 0.116. The Morgan fingerprint density at radius 1 is 1.56 bits per heavy atom. The minimum atomic E-state index is -0.0123. The molecular weight excluding hydrogens is 204 g/mol. The fourth-order valence-electron chi connectivity index (χ4n) is 1.95. The molecule has 0 bridgehead atoms. The molecule has 1 aromatic heterocycles. The first-order valence-corrected chi connectivity index (χ1v) is 5.69. The Balaban J connectivity index is 1.98. The number of pyridine rings is 1. The van der Waals surface area contributed by atoms with E-state index in [0.29, 0.717) is 11.8 Å². The number of aliphatic hydroxyl groups is 1. The van der Waals surface area contributed by atoms with Gasteiger partial charge in [-0.1, -0.05) is 6.07 Å². The number of nitrogens with zero attached hydrogens (tertiary/aromatic N) is 2. The average molecular weight is 222 g/mol. The first-order chi connectivity index (χ1) is 7.79. The monoisotopic (exact) mass is 222 g/mol. The molecule has 4 heteroatoms. The van der Waals surface area contributed by atoms with Crippen molar-refractivity contribution in [2.24, 2.45) is 0 Å². The molecule has 1 aliphatic heterocycles. The maximum atomic E-state index is 9.02. The van der Waals surface area contributed by atoms with Gasteiger partial charge in [-0.05, 0) is 25.0 Å². The molecule has 0 aliphatic carbocycles. The van der Waals surface area contributed by atoms with E-state index in [9.17, 15) is 0 Å². The lowest BCUT2D eigenvalue weighted by Gasteiger charge is -2.21. The number of aliphatic hydroxyl groups excluding tert-OH is 1. The van der Waals surface area contributed by atoms with Gasteiger partial charge in [-0.25, -0.2) is 4.98 Å². The van der Waals surface area contributed by atoms with E-state index in [1.165, 1.54) is 0 Å². The maximum Gasteiger partial charge on any atom is 0.128 e. The fraction of sp³-hybridized carbons (Fsp3) is 0.583. The molecule has 1 unspecified atom stereocenters. The number of likely N-dealkylation sites (N-methyl/N-ethyl adjacent to an activating group) is 1. The van der Waals surface area contributed by atoms with Crippen molar-refractivity contribution in [2.45, 2.75) is 25.6 Å². The highest BCUT2D eigenvalue weighted by molar-refractivity contribution is 5.38. The van der Waals surface area contributed by atoms with Gasteiger partial charge in [-0.15, -0.1) is 0 Å². The van der Waals surface area contributed by atoms with Gasteiger partial charge in [-0.3, -0.25) is 0 Å². The molecule has 1 saturated heterocycles. The van der Waals surface area contributed by atoms with Gasteiger partial charge in [0.15, 0.2) is 0 Å². The zero-order chi connectivity index (χ0) is 11.4. The highest BCUT2D eigenvalue weighted by atomic mass is 16.5. The van der Waals surface area contributed by atoms with E-state index >= 15 is 0 Å². The summed E-state index contributed by atoms with van der Waals surface area (Å²) in [7, 11) is 2.01. The van der Waals surface area contributed by atoms with Gasteiger partial charge >= 0.3 is 0 Å². The highest BCUT2D eigenvalue weighted by Crippen LogP contribution is 2.16. The van der Waals surface area contributed by atoms with Crippen molar-refractivity contribution >= 4 is 5.82 Å². The second kappa shape index (κ2) is 5.27. The first kappa shape index (κ1) is 11.4. The van der Waals surface area contributed by atoms with Crippen LogP contribution in [0, 0.1) is 0 Å². The minimum Gasteiger partial charge on any atom is -0.390 e. The number of aromatic nitrogens is 1. The summed E-state index contributed by atoms with van der Waals surface area (Å²) in [5.74, 6) is 0.891. The van der Waals surface area contributed by atoms with Gasteiger partial charge in [-0.2, -0.15) is 0 Å². The van der Waals surface area contributed by atoms with Crippen molar-refractivity contribution in [3.63, 3.8) is 0 Å². The summed E-state index contributed by atoms with van der Waals surface area (Å²) in [4.78, 5) is 6.43. The van der Waals surface area contributed by atoms with Gasteiger partial charge in [0.05, 0.1) is 18.4 Å². The summed E-state index contributed by atoms with van der Waals surface area (Å²) >= 11 is 0. The normalized spacial score (nSPS) is 20.0. The van der Waals surface area contributed by atoms with Crippen LogP contribution >= 0.6 is 0 Å². The van der Waals surface area contributed by atoms with Crippen molar-refractivity contribution in [3.05, 3.63) is 23.9 Å². The molecule has 0 amide bonds. The molecule has 1 aliphatic rings. The third-order valence-corrected chi connectivity index (χ3v) is 2.85. The fourth-order valence-corrected chi connectivity index (χ4v) is 1.95. The van der Waals surface area contributed by atoms with Crippen molar-refractivity contribution in [3.8, 4) is 0 Å². The summed E-state index contributed by atoms with van der Waals surface area (Å²) in [6.07, 6.45) is 2.61. The quantitative estimate of drug-likeness (QED) is 0.831. The van der Waals surface area contributed by atoms with E-state index in [-0.39, 0.29) is 6.61 Å². The molecule has 2 heterocycles. The van der Waals surface area contributed by atoms with Crippen molar-refractivity contribution in [1.82, 2.24) is 4.98 Å². The van der Waals surface area contributed by atoms with Crippen LogP contribution in [0.25, 0.3) is 0 Å². The van der Waals surface area contributed by atoms with Crippen LogP contribution in [0.4, 0.5) is 5.82 Å². The summed E-state index contributed by atoms with van der Waals surface area (Å²) in [6, 6.07) is 5.69. The smallest absolute Gasteiger partial charge is 0.128 e. The molecule has 4 nitrogen and oxygen atoms in total. The molecular formula is C12H18N2O2. The molecule has 0 radical (unpaired) electrons. The minimum absolute atomic E-state index is 0.0123. The number of ether oxygens (including phenoxy) is 1. The van der Waals surface area contributed by atoms with Crippen LogP contribution in [0.15, 0.2) is 18.2 Å². The first-order valence-electron chi connectivity index (χ1n) is 5.69. The van der Waals surface area contributed by atoms with Crippen LogP contribution in [0.1, 0.15) is 18.5 Å². The van der Waals surface area contributed by atoms with Crippen LogP contribution in [0.2, 0.25) is 0 Å². The molecule has 1 aromatic rings. The SMILES string of the molecule is CN(CC1CCCO1)c1cccc(CO)n1. The summed E-state index contributed by atoms with van der Waals surface area (Å²) in [5, 5.41) is 9.02. The highest BCUT2D eigenvalue weighted by Gasteiger charge is 2.17. The Hall–Kier alpha value is -1.13. The van der Waals surface area contributed by atoms with Crippen molar-refractivity contribution in [1.29, 1.82) is 0 Å². The number of hydrogen-bond acceptors (Lipinski definition) is 4. The zero-order valence-electron chi connectivity index (χ0n) is 9.59. The molecule has 1 fully saturated rings. The van der Waals surface area contributed by atoms with Gasteiger partial charge < -0.3 is 14.7 Å². The molecule has 1 N–H and O–H groups in total. The number of hydrogen-bond donors (Lipinski definition) is 1. The lowest BCUT2D eigenvalue weighted by Crippen LogP contribution is -2.29. The lowest BCUT2D eigenvalue weighted by atomic mass is 10.2. The van der Waals surface area contributed by atoms with Crippen molar-refractivity contribution < 1.29 is 9.84 Å². The van der Waals surface area contributed by atoms with Crippen LogP contribution in [0.3, 0.4) is 0 Å². The second-order valence-corrected chi connectivity index (χ2v) is 4.16. The van der Waals surface area contributed by atoms with Gasteiger partial charge in [0.2, 0.25) is 0 Å². The van der Waals surface area contributed by atoms with Crippen LogP contribution in [-0.2, 0) is 11.3 Å². The van der Waals surface area contributed by atoms with Crippen LogP contribution in [0.5, 0.6) is 0 Å². The number of rotatable bonds is 4. The Kier molecular flexibility index (Phi) is 3.74. The molecule has 1 atom stereocenters. The molecule has 0 spiro atoms. The summed E-state index contributed by atoms with van der Waals surface area (Å²) < 4.78 is 5.58. The molecule has 0 aromatic carbocycles. The summed E-state index contributed by atoms with van der Waals surface area (Å²) in [5.41, 5.74) is 0.705. The standard InChI is InChI=1S/C12H18N2O2/c1-14(8-11-5-3-7-16-11)12-6-2-4-10(9-15)13-12/h2,4,6,11,15H,3,5,7-9H2,1H3. The second-order valence-electron chi connectivity index (χ2n) is 4.16. The topological polar surface area (TPSA) is 45.6 Å². The molecule has 88 valence electrons.